The molecule has 6 N–H and O–H groups in total. The third-order valence-corrected chi connectivity index (χ3v) is 2.14. The maximum absolute atomic E-state index is 11.4. The van der Waals surface area contributed by atoms with Crippen molar-refractivity contribution >= 4 is 23.9 Å². The molecule has 108 valence electrons. The highest BCUT2D eigenvalue weighted by Gasteiger charge is 2.21. The number of nitrogens with one attached hydrogen (secondary N) is 2. The average Bonchev–Trinajstić information content (AvgIpc) is 2.21. The monoisotopic (exact) mass is 275 g/mol. The molecule has 0 heterocycles. The standard InChI is InChI=1S/C10H17N3O6/c1-5(4-7(11)14)12-10(19)13-6(9(17)18)2-3-8(15)16/h5-6H,2-4H2,1H3,(H2,11,14)(H,15,16)(H,17,18)(H2,12,13,19). The molecular formula is C10H17N3O6. The lowest BCUT2D eigenvalue weighted by Gasteiger charge is -2.17. The molecule has 2 unspecified atom stereocenters. The Labute approximate surface area is 109 Å². The van der Waals surface area contributed by atoms with Crippen LogP contribution in [0.15, 0.2) is 0 Å². The van der Waals surface area contributed by atoms with E-state index in [2.05, 4.69) is 10.6 Å². The summed E-state index contributed by atoms with van der Waals surface area (Å²) in [5.41, 5.74) is 4.93. The van der Waals surface area contributed by atoms with Crippen LogP contribution < -0.4 is 16.4 Å². The highest BCUT2D eigenvalue weighted by atomic mass is 16.4. The lowest BCUT2D eigenvalue weighted by molar-refractivity contribution is -0.140. The summed E-state index contributed by atoms with van der Waals surface area (Å²) in [6.45, 7) is 1.53. The van der Waals surface area contributed by atoms with Gasteiger partial charge in [-0.1, -0.05) is 0 Å². The van der Waals surface area contributed by atoms with Crippen LogP contribution in [-0.2, 0) is 14.4 Å². The van der Waals surface area contributed by atoms with Gasteiger partial charge in [0.15, 0.2) is 0 Å². The first-order chi connectivity index (χ1) is 8.72. The van der Waals surface area contributed by atoms with Crippen LogP contribution in [0.3, 0.4) is 0 Å². The Morgan fingerprint density at radius 2 is 1.74 bits per heavy atom. The first kappa shape index (κ1) is 16.7. The number of rotatable bonds is 8. The Bertz CT molecular complexity index is 370. The Balaban J connectivity index is 4.27. The summed E-state index contributed by atoms with van der Waals surface area (Å²) in [4.78, 5) is 43.1. The molecule has 0 bridgehead atoms. The number of carboxylic acid groups (broad SMARTS) is 2. The molecule has 0 radical (unpaired) electrons. The molecule has 0 saturated heterocycles. The SMILES string of the molecule is CC(CC(N)=O)NC(=O)NC(CCC(=O)O)C(=O)O. The molecule has 19 heavy (non-hydrogen) atoms. The highest BCUT2D eigenvalue weighted by molar-refractivity contribution is 5.83. The van der Waals surface area contributed by atoms with Gasteiger partial charge in [0.25, 0.3) is 0 Å². The van der Waals surface area contributed by atoms with Crippen molar-refractivity contribution < 1.29 is 29.4 Å². The Hall–Kier alpha value is -2.32. The van der Waals surface area contributed by atoms with E-state index < -0.39 is 36.0 Å². The first-order valence-corrected chi connectivity index (χ1v) is 5.52. The second kappa shape index (κ2) is 7.90. The molecule has 0 saturated carbocycles. The van der Waals surface area contributed by atoms with Crippen LogP contribution in [0.4, 0.5) is 4.79 Å². The molecule has 0 aliphatic heterocycles. The zero-order valence-electron chi connectivity index (χ0n) is 10.4. The molecule has 0 aromatic heterocycles. The van der Waals surface area contributed by atoms with Crippen LogP contribution in [-0.4, -0.2) is 46.2 Å². The molecule has 0 aromatic carbocycles. The van der Waals surface area contributed by atoms with E-state index in [1.54, 1.807) is 0 Å². The van der Waals surface area contributed by atoms with Gasteiger partial charge in [0, 0.05) is 18.9 Å². The van der Waals surface area contributed by atoms with Crippen LogP contribution in [0, 0.1) is 0 Å². The van der Waals surface area contributed by atoms with Crippen LogP contribution in [0.1, 0.15) is 26.2 Å². The number of amides is 3. The van der Waals surface area contributed by atoms with E-state index in [-0.39, 0.29) is 19.3 Å². The van der Waals surface area contributed by atoms with Gasteiger partial charge in [-0.05, 0) is 13.3 Å². The Morgan fingerprint density at radius 1 is 1.16 bits per heavy atom. The highest BCUT2D eigenvalue weighted by Crippen LogP contribution is 1.98. The van der Waals surface area contributed by atoms with Crippen LogP contribution in [0.2, 0.25) is 0 Å². The number of carbonyl (C=O) groups is 4. The molecular weight excluding hydrogens is 258 g/mol. The van der Waals surface area contributed by atoms with Gasteiger partial charge >= 0.3 is 18.0 Å². The zero-order chi connectivity index (χ0) is 15.0. The van der Waals surface area contributed by atoms with E-state index in [0.717, 1.165) is 0 Å². The molecule has 3 amide bonds. The summed E-state index contributed by atoms with van der Waals surface area (Å²) in [6.07, 6.45) is -0.698. The molecule has 0 spiro atoms. The van der Waals surface area contributed by atoms with Gasteiger partial charge in [-0.2, -0.15) is 0 Å². The van der Waals surface area contributed by atoms with Gasteiger partial charge in [0.1, 0.15) is 6.04 Å². The lowest BCUT2D eigenvalue weighted by Crippen LogP contribution is -2.49. The van der Waals surface area contributed by atoms with Crippen molar-refractivity contribution in [1.82, 2.24) is 10.6 Å². The number of carboxylic acids is 2. The van der Waals surface area contributed by atoms with Gasteiger partial charge in [-0.25, -0.2) is 9.59 Å². The van der Waals surface area contributed by atoms with E-state index in [0.29, 0.717) is 0 Å². The molecule has 0 aliphatic carbocycles. The normalized spacial score (nSPS) is 13.1. The summed E-state index contributed by atoms with van der Waals surface area (Å²) < 4.78 is 0. The van der Waals surface area contributed by atoms with Gasteiger partial charge in [0.2, 0.25) is 5.91 Å². The molecule has 9 heteroatoms. The molecule has 0 fully saturated rings. The predicted molar refractivity (Wildman–Crippen MR) is 63.2 cm³/mol. The van der Waals surface area contributed by atoms with Gasteiger partial charge in [0.05, 0.1) is 0 Å². The van der Waals surface area contributed by atoms with Crippen molar-refractivity contribution in [3.05, 3.63) is 0 Å². The summed E-state index contributed by atoms with van der Waals surface area (Å²) in [7, 11) is 0. The number of aliphatic carboxylic acids is 2. The minimum atomic E-state index is -1.33. The number of primary amides is 1. The topological polar surface area (TPSA) is 159 Å². The number of carbonyl (C=O) groups excluding carboxylic acids is 2. The van der Waals surface area contributed by atoms with Crippen molar-refractivity contribution in [2.45, 2.75) is 38.3 Å². The summed E-state index contributed by atoms with van der Waals surface area (Å²) in [5, 5.41) is 21.7. The fourth-order valence-electron chi connectivity index (χ4n) is 1.30. The van der Waals surface area contributed by atoms with Gasteiger partial charge < -0.3 is 26.6 Å². The number of nitrogens with two attached hydrogens (primary N) is 1. The van der Waals surface area contributed by atoms with Crippen molar-refractivity contribution in [1.29, 1.82) is 0 Å². The first-order valence-electron chi connectivity index (χ1n) is 5.52. The third-order valence-electron chi connectivity index (χ3n) is 2.14. The molecule has 0 aromatic rings. The maximum Gasteiger partial charge on any atom is 0.326 e. The summed E-state index contributed by atoms with van der Waals surface area (Å²) in [6, 6.07) is -2.66. The molecule has 2 atom stereocenters. The quantitative estimate of drug-likeness (QED) is 0.377. The Kier molecular flexibility index (Phi) is 6.94. The molecule has 0 aliphatic rings. The van der Waals surface area contributed by atoms with Crippen molar-refractivity contribution in [2.75, 3.05) is 0 Å². The largest absolute Gasteiger partial charge is 0.481 e. The zero-order valence-corrected chi connectivity index (χ0v) is 10.4. The molecule has 9 nitrogen and oxygen atoms in total. The van der Waals surface area contributed by atoms with Gasteiger partial charge in [-0.3, -0.25) is 9.59 Å². The van der Waals surface area contributed by atoms with E-state index in [1.807, 2.05) is 0 Å². The summed E-state index contributed by atoms with van der Waals surface area (Å²) >= 11 is 0. The minimum Gasteiger partial charge on any atom is -0.481 e. The fraction of sp³-hybridized carbons (Fsp3) is 0.600. The van der Waals surface area contributed by atoms with Crippen molar-refractivity contribution in [3.8, 4) is 0 Å². The number of urea groups is 1. The second-order valence-corrected chi connectivity index (χ2v) is 4.01. The number of hydrogen-bond acceptors (Lipinski definition) is 4. The van der Waals surface area contributed by atoms with Gasteiger partial charge in [-0.15, -0.1) is 0 Å². The van der Waals surface area contributed by atoms with Crippen LogP contribution in [0.25, 0.3) is 0 Å². The van der Waals surface area contributed by atoms with Crippen LogP contribution in [0.5, 0.6) is 0 Å². The third kappa shape index (κ3) is 8.41. The van der Waals surface area contributed by atoms with E-state index in [1.165, 1.54) is 6.92 Å². The predicted octanol–water partition coefficient (Wildman–Crippen LogP) is -1.13. The van der Waals surface area contributed by atoms with E-state index in [4.69, 9.17) is 15.9 Å². The minimum absolute atomic E-state index is 0.0831. The second-order valence-electron chi connectivity index (χ2n) is 4.01. The fourth-order valence-corrected chi connectivity index (χ4v) is 1.30. The van der Waals surface area contributed by atoms with Crippen molar-refractivity contribution in [2.24, 2.45) is 5.73 Å². The lowest BCUT2D eigenvalue weighted by atomic mass is 10.1. The van der Waals surface area contributed by atoms with E-state index in [9.17, 15) is 19.2 Å². The smallest absolute Gasteiger partial charge is 0.326 e. The molecule has 0 rings (SSSR count). The number of hydrogen-bond donors (Lipinski definition) is 5. The summed E-state index contributed by atoms with van der Waals surface area (Å²) in [5.74, 6) is -3.09. The Morgan fingerprint density at radius 3 is 2.16 bits per heavy atom. The average molecular weight is 275 g/mol. The van der Waals surface area contributed by atoms with Crippen molar-refractivity contribution in [3.63, 3.8) is 0 Å². The van der Waals surface area contributed by atoms with E-state index >= 15 is 0 Å². The maximum atomic E-state index is 11.4. The van der Waals surface area contributed by atoms with Crippen LogP contribution >= 0.6 is 0 Å².